The van der Waals surface area contributed by atoms with Crippen LogP contribution < -0.4 is 5.43 Å². The van der Waals surface area contributed by atoms with E-state index >= 15 is 0 Å². The van der Waals surface area contributed by atoms with Crippen molar-refractivity contribution in [2.24, 2.45) is 5.10 Å². The molecular formula is C18H15N3O2. The van der Waals surface area contributed by atoms with Crippen LogP contribution in [0.15, 0.2) is 65.9 Å². The molecule has 23 heavy (non-hydrogen) atoms. The van der Waals surface area contributed by atoms with E-state index in [1.807, 2.05) is 30.3 Å². The molecule has 2 aromatic carbocycles. The van der Waals surface area contributed by atoms with Gasteiger partial charge in [-0.1, -0.05) is 36.4 Å². The minimum atomic E-state index is -0.463. The van der Waals surface area contributed by atoms with Crippen LogP contribution in [0.1, 0.15) is 23.0 Å². The van der Waals surface area contributed by atoms with E-state index < -0.39 is 5.91 Å². The average molecular weight is 305 g/mol. The third-order valence-corrected chi connectivity index (χ3v) is 3.49. The number of hydrogen-bond acceptors (Lipinski definition) is 4. The van der Waals surface area contributed by atoms with Crippen LogP contribution in [0.5, 0.6) is 5.75 Å². The Labute approximate surface area is 133 Å². The van der Waals surface area contributed by atoms with Gasteiger partial charge in [0.1, 0.15) is 5.75 Å². The van der Waals surface area contributed by atoms with Crippen molar-refractivity contribution in [3.8, 4) is 5.75 Å². The maximum absolute atomic E-state index is 12.4. The van der Waals surface area contributed by atoms with Gasteiger partial charge in [-0.15, -0.1) is 0 Å². The van der Waals surface area contributed by atoms with Gasteiger partial charge in [0.15, 0.2) is 0 Å². The van der Waals surface area contributed by atoms with Crippen LogP contribution in [-0.4, -0.2) is 21.7 Å². The molecule has 0 fully saturated rings. The number of aromatic hydroxyl groups is 1. The van der Waals surface area contributed by atoms with E-state index in [4.69, 9.17) is 0 Å². The normalized spacial score (nSPS) is 11.4. The molecule has 0 saturated heterocycles. The van der Waals surface area contributed by atoms with Crippen molar-refractivity contribution in [2.75, 3.05) is 0 Å². The van der Waals surface area contributed by atoms with Gasteiger partial charge in [-0.2, -0.15) is 5.10 Å². The van der Waals surface area contributed by atoms with Gasteiger partial charge in [0.05, 0.1) is 17.0 Å². The fourth-order valence-electron chi connectivity index (χ4n) is 2.32. The summed E-state index contributed by atoms with van der Waals surface area (Å²) in [7, 11) is 0. The Morgan fingerprint density at radius 2 is 1.87 bits per heavy atom. The van der Waals surface area contributed by atoms with Crippen LogP contribution in [0.25, 0.3) is 10.8 Å². The van der Waals surface area contributed by atoms with Gasteiger partial charge in [-0.25, -0.2) is 5.43 Å². The first-order valence-electron chi connectivity index (χ1n) is 7.13. The molecule has 5 nitrogen and oxygen atoms in total. The maximum atomic E-state index is 12.4. The number of fused-ring (bicyclic) bond motifs is 1. The number of nitrogens with zero attached hydrogens (tertiary/aromatic N) is 2. The molecule has 0 bridgehead atoms. The Kier molecular flexibility index (Phi) is 4.01. The molecule has 0 aliphatic heterocycles. The highest BCUT2D eigenvalue weighted by Crippen LogP contribution is 2.26. The summed E-state index contributed by atoms with van der Waals surface area (Å²) < 4.78 is 0. The Morgan fingerprint density at radius 3 is 2.65 bits per heavy atom. The zero-order valence-electron chi connectivity index (χ0n) is 12.5. The van der Waals surface area contributed by atoms with E-state index in [2.05, 4.69) is 15.5 Å². The predicted molar refractivity (Wildman–Crippen MR) is 89.5 cm³/mol. The summed E-state index contributed by atoms with van der Waals surface area (Å²) in [5.41, 5.74) is 3.95. The van der Waals surface area contributed by atoms with Crippen molar-refractivity contribution < 1.29 is 9.90 Å². The average Bonchev–Trinajstić information content (AvgIpc) is 2.60. The largest absolute Gasteiger partial charge is 0.507 e. The fourth-order valence-corrected chi connectivity index (χ4v) is 2.32. The lowest BCUT2D eigenvalue weighted by Crippen LogP contribution is -2.20. The molecule has 5 heteroatoms. The van der Waals surface area contributed by atoms with Crippen molar-refractivity contribution in [2.45, 2.75) is 6.92 Å². The molecule has 0 saturated carbocycles. The van der Waals surface area contributed by atoms with Crippen molar-refractivity contribution in [3.05, 3.63) is 72.1 Å². The smallest absolute Gasteiger partial charge is 0.275 e. The summed E-state index contributed by atoms with van der Waals surface area (Å²) in [6, 6.07) is 16.1. The van der Waals surface area contributed by atoms with Gasteiger partial charge in [0.2, 0.25) is 0 Å². The van der Waals surface area contributed by atoms with E-state index in [0.29, 0.717) is 16.8 Å². The lowest BCUT2D eigenvalue weighted by atomic mass is 10.0. The standard InChI is InChI=1S/C18H15N3O2/c1-12(15-8-4-5-11-19-15)20-21-18(23)17-14-7-3-2-6-13(14)9-10-16(17)22/h2-11,22H,1H3,(H,21,23)/b20-12-. The Bertz CT molecular complexity index is 889. The van der Waals surface area contributed by atoms with Gasteiger partial charge in [-0.05, 0) is 35.9 Å². The first kappa shape index (κ1) is 14.7. The number of pyridine rings is 1. The van der Waals surface area contributed by atoms with Crippen molar-refractivity contribution in [1.29, 1.82) is 0 Å². The monoisotopic (exact) mass is 305 g/mol. The first-order valence-corrected chi connectivity index (χ1v) is 7.13. The van der Waals surface area contributed by atoms with E-state index in [0.717, 1.165) is 5.39 Å². The lowest BCUT2D eigenvalue weighted by molar-refractivity contribution is 0.0954. The van der Waals surface area contributed by atoms with Gasteiger partial charge in [-0.3, -0.25) is 9.78 Å². The van der Waals surface area contributed by atoms with Crippen molar-refractivity contribution >= 4 is 22.4 Å². The molecule has 114 valence electrons. The van der Waals surface area contributed by atoms with Crippen LogP contribution in [0.4, 0.5) is 0 Å². The third kappa shape index (κ3) is 3.03. The summed E-state index contributed by atoms with van der Waals surface area (Å²) in [5.74, 6) is -0.540. The van der Waals surface area contributed by atoms with Crippen molar-refractivity contribution in [3.63, 3.8) is 0 Å². The second-order valence-electron chi connectivity index (χ2n) is 5.03. The molecule has 1 aromatic heterocycles. The predicted octanol–water partition coefficient (Wildman–Crippen LogP) is 3.09. The number of aromatic nitrogens is 1. The summed E-state index contributed by atoms with van der Waals surface area (Å²) in [4.78, 5) is 16.6. The minimum absolute atomic E-state index is 0.0770. The highest BCUT2D eigenvalue weighted by atomic mass is 16.3. The van der Waals surface area contributed by atoms with Crippen molar-refractivity contribution in [1.82, 2.24) is 10.4 Å². The number of hydrogen-bond donors (Lipinski definition) is 2. The lowest BCUT2D eigenvalue weighted by Gasteiger charge is -2.08. The molecule has 0 radical (unpaired) electrons. The minimum Gasteiger partial charge on any atom is -0.507 e. The molecule has 0 spiro atoms. The van der Waals surface area contributed by atoms with Crippen LogP contribution in [-0.2, 0) is 0 Å². The number of phenols is 1. The summed E-state index contributed by atoms with van der Waals surface area (Å²) in [6.45, 7) is 1.76. The van der Waals surface area contributed by atoms with Gasteiger partial charge in [0.25, 0.3) is 5.91 Å². The molecule has 0 aliphatic rings. The van der Waals surface area contributed by atoms with E-state index in [-0.39, 0.29) is 11.3 Å². The third-order valence-electron chi connectivity index (χ3n) is 3.49. The zero-order chi connectivity index (χ0) is 16.2. The number of rotatable bonds is 3. The fraction of sp³-hybridized carbons (Fsp3) is 0.0556. The summed E-state index contributed by atoms with van der Waals surface area (Å²) in [5, 5.41) is 15.7. The van der Waals surface area contributed by atoms with Crippen LogP contribution in [0, 0.1) is 0 Å². The van der Waals surface area contributed by atoms with E-state index in [1.165, 1.54) is 6.07 Å². The number of hydrazone groups is 1. The molecule has 3 aromatic rings. The number of amides is 1. The highest BCUT2D eigenvalue weighted by molar-refractivity contribution is 6.10. The molecule has 1 heterocycles. The SMILES string of the molecule is C/C(=N/NC(=O)c1c(O)ccc2ccccc12)c1ccccn1. The Balaban J connectivity index is 1.91. The molecule has 0 aliphatic carbocycles. The van der Waals surface area contributed by atoms with Crippen LogP contribution in [0.3, 0.4) is 0 Å². The number of phenolic OH excluding ortho intramolecular Hbond substituents is 1. The van der Waals surface area contributed by atoms with Crippen LogP contribution in [0.2, 0.25) is 0 Å². The second-order valence-corrected chi connectivity index (χ2v) is 5.03. The van der Waals surface area contributed by atoms with E-state index in [1.54, 1.807) is 31.3 Å². The second kappa shape index (κ2) is 6.27. The van der Waals surface area contributed by atoms with Gasteiger partial charge >= 0.3 is 0 Å². The topological polar surface area (TPSA) is 74.6 Å². The number of carbonyl (C=O) groups is 1. The summed E-state index contributed by atoms with van der Waals surface area (Å²) >= 11 is 0. The highest BCUT2D eigenvalue weighted by Gasteiger charge is 2.14. The first-order chi connectivity index (χ1) is 11.2. The molecule has 1 amide bonds. The van der Waals surface area contributed by atoms with Gasteiger partial charge < -0.3 is 5.11 Å². The van der Waals surface area contributed by atoms with E-state index in [9.17, 15) is 9.90 Å². The Morgan fingerprint density at radius 1 is 1.09 bits per heavy atom. The molecule has 3 rings (SSSR count). The quantitative estimate of drug-likeness (QED) is 0.577. The molecular weight excluding hydrogens is 290 g/mol. The molecule has 0 atom stereocenters. The van der Waals surface area contributed by atoms with Crippen LogP contribution >= 0.6 is 0 Å². The maximum Gasteiger partial charge on any atom is 0.275 e. The number of carbonyl (C=O) groups excluding carboxylic acids is 1. The van der Waals surface area contributed by atoms with Gasteiger partial charge in [0, 0.05) is 6.20 Å². The zero-order valence-corrected chi connectivity index (χ0v) is 12.5. The summed E-state index contributed by atoms with van der Waals surface area (Å²) in [6.07, 6.45) is 1.66. The number of nitrogens with one attached hydrogen (secondary N) is 1. The molecule has 0 unspecified atom stereocenters. The Hall–Kier alpha value is -3.21. The number of benzene rings is 2. The molecule has 2 N–H and O–H groups in total.